The number of rotatable bonds is 11. The maximum absolute atomic E-state index is 14.3. The fourth-order valence-corrected chi connectivity index (χ4v) is 9.84. The largest absolute Gasteiger partial charge is 0.495 e. The van der Waals surface area contributed by atoms with Crippen molar-refractivity contribution in [3.63, 3.8) is 0 Å². The van der Waals surface area contributed by atoms with Crippen molar-refractivity contribution in [3.05, 3.63) is 76.3 Å². The number of aliphatic hydroxyl groups is 1. The molecule has 2 unspecified atom stereocenters. The van der Waals surface area contributed by atoms with Crippen LogP contribution >= 0.6 is 23.4 Å². The number of esters is 1. The molecule has 0 aliphatic carbocycles. The number of nitrogens with zero attached hydrogens (tertiary/aromatic N) is 3. The first-order chi connectivity index (χ1) is 31.1. The number of halogens is 1. The normalized spacial score (nSPS) is 29.7. The standard InChI is InChI=1S/C46H55ClN4O14S/c1-24-10-9-11-34(62-8)46(60)23-32(63-44(59)48-46)25(2)40-45(4,65-40)35(22-37(53)50(6)30-19-27(18-24)20-31(61-7)39(30)47)64-43(58)26(3)49(5)36(52)16-17-66-33-21-38(54)51(41(33)55)29-14-12-28(13-15-29)42(56)57/h9-15,19-20,25-26,32-35,40,60H,16-18,21-23H2,1-8H3,(H,48,59)(H,56,57)/b11-9+,24-10+/t25-,26+,32+,33?,34-,35+,40?,45-,46+/m1/s1. The number of nitrogens with one attached hydrogen (secondary N) is 1. The van der Waals surface area contributed by atoms with E-state index in [4.69, 9.17) is 35.3 Å². The highest BCUT2D eigenvalue weighted by molar-refractivity contribution is 8.00. The maximum atomic E-state index is 14.3. The van der Waals surface area contributed by atoms with Crippen LogP contribution in [-0.4, -0.2) is 138 Å². The number of carbonyl (C=O) groups excluding carboxylic acids is 6. The molecule has 0 aromatic heterocycles. The number of fused-ring (bicyclic) bond motifs is 5. The van der Waals surface area contributed by atoms with Gasteiger partial charge in [0.15, 0.2) is 5.72 Å². The smallest absolute Gasteiger partial charge is 0.409 e. The number of epoxide rings is 1. The first-order valence-electron chi connectivity index (χ1n) is 21.3. The Kier molecular flexibility index (Phi) is 15.3. The van der Waals surface area contributed by atoms with Gasteiger partial charge in [-0.2, -0.15) is 0 Å². The molecule has 0 radical (unpaired) electrons. The fourth-order valence-electron chi connectivity index (χ4n) is 8.44. The predicted octanol–water partition coefficient (Wildman–Crippen LogP) is 4.67. The number of imide groups is 1. The van der Waals surface area contributed by atoms with Gasteiger partial charge in [0.1, 0.15) is 40.7 Å². The first kappa shape index (κ1) is 50.0. The van der Waals surface area contributed by atoms with E-state index in [-0.39, 0.29) is 41.3 Å². The summed E-state index contributed by atoms with van der Waals surface area (Å²) >= 11 is 7.91. The number of thioether (sulfide) groups is 1. The van der Waals surface area contributed by atoms with Gasteiger partial charge in [-0.3, -0.25) is 24.5 Å². The lowest BCUT2D eigenvalue weighted by atomic mass is 9.83. The molecule has 20 heteroatoms. The molecule has 5 amide bonds. The number of anilines is 2. The molecule has 0 spiro atoms. The Morgan fingerprint density at radius 1 is 1.09 bits per heavy atom. The average Bonchev–Trinajstić information content (AvgIpc) is 3.89. The molecule has 6 rings (SSSR count). The molecule has 4 bridgehead atoms. The van der Waals surface area contributed by atoms with Crippen molar-refractivity contribution >= 4 is 76.4 Å². The lowest BCUT2D eigenvalue weighted by molar-refractivity contribution is -0.162. The Balaban J connectivity index is 1.20. The van der Waals surface area contributed by atoms with Crippen LogP contribution in [0.3, 0.4) is 0 Å². The molecule has 9 atom stereocenters. The molecule has 2 aromatic carbocycles. The van der Waals surface area contributed by atoms with Gasteiger partial charge in [-0.05, 0) is 69.2 Å². The molecule has 66 heavy (non-hydrogen) atoms. The summed E-state index contributed by atoms with van der Waals surface area (Å²) < 4.78 is 29.3. The van der Waals surface area contributed by atoms with E-state index >= 15 is 0 Å². The summed E-state index contributed by atoms with van der Waals surface area (Å²) in [5.41, 5.74) is -0.963. The van der Waals surface area contributed by atoms with Crippen LogP contribution in [-0.2, 0) is 49.3 Å². The second-order valence-corrected chi connectivity index (χ2v) is 18.8. The van der Waals surface area contributed by atoms with Gasteiger partial charge in [-0.25, -0.2) is 19.3 Å². The zero-order valence-electron chi connectivity index (χ0n) is 37.9. The lowest BCUT2D eigenvalue weighted by Crippen LogP contribution is -2.63. The van der Waals surface area contributed by atoms with Crippen LogP contribution in [0.2, 0.25) is 5.02 Å². The van der Waals surface area contributed by atoms with Gasteiger partial charge in [-0.15, -0.1) is 11.8 Å². The van der Waals surface area contributed by atoms with E-state index in [2.05, 4.69) is 5.32 Å². The fraction of sp³-hybridized carbons (Fsp3) is 0.500. The number of hydrogen-bond donors (Lipinski definition) is 3. The lowest BCUT2D eigenvalue weighted by Gasteiger charge is -2.42. The highest BCUT2D eigenvalue weighted by Crippen LogP contribution is 2.49. The number of amides is 5. The SMILES string of the molecule is COc1cc2cc(c1Cl)N(C)C(=O)C[C@H](OC(=O)[C@H](C)N(C)C(=O)CCSC1CC(=O)N(c3ccc(C(=O)O)cc3)C1=O)[C@@]1(C)OC1[C@H](C)[C@@H]1C[C@@](O)(NC(=O)O1)[C@H](OC)/C=C/C=C(\C)C2. The summed E-state index contributed by atoms with van der Waals surface area (Å²) in [7, 11) is 5.82. The molecule has 356 valence electrons. The van der Waals surface area contributed by atoms with Crippen molar-refractivity contribution in [2.75, 3.05) is 43.9 Å². The Bertz CT molecular complexity index is 2330. The summed E-state index contributed by atoms with van der Waals surface area (Å²) in [6.07, 6.45) is 0.106. The Morgan fingerprint density at radius 3 is 2.44 bits per heavy atom. The van der Waals surface area contributed by atoms with Crippen molar-refractivity contribution in [2.45, 2.75) is 107 Å². The van der Waals surface area contributed by atoms with Crippen LogP contribution in [0.15, 0.2) is 60.2 Å². The number of benzene rings is 2. The monoisotopic (exact) mass is 954 g/mol. The zero-order valence-corrected chi connectivity index (χ0v) is 39.5. The van der Waals surface area contributed by atoms with E-state index in [0.29, 0.717) is 17.9 Å². The third-order valence-corrected chi connectivity index (χ3v) is 14.2. The third-order valence-electron chi connectivity index (χ3n) is 12.6. The van der Waals surface area contributed by atoms with Crippen LogP contribution in [0.5, 0.6) is 5.75 Å². The van der Waals surface area contributed by atoms with Crippen molar-refractivity contribution < 1.29 is 67.5 Å². The Labute approximate surface area is 391 Å². The van der Waals surface area contributed by atoms with E-state index in [0.717, 1.165) is 27.8 Å². The number of allylic oxidation sites excluding steroid dienone is 3. The van der Waals surface area contributed by atoms with E-state index in [1.165, 1.54) is 69.3 Å². The number of ether oxygens (including phenoxy) is 5. The molecule has 18 nitrogen and oxygen atoms in total. The van der Waals surface area contributed by atoms with Crippen molar-refractivity contribution in [3.8, 4) is 5.75 Å². The molecular formula is C46H55ClN4O14S. The number of alkyl carbamates (subject to hydrolysis) is 1. The van der Waals surface area contributed by atoms with Gasteiger partial charge in [0.25, 0.3) is 0 Å². The minimum atomic E-state index is -1.88. The van der Waals surface area contributed by atoms with Gasteiger partial charge in [0, 0.05) is 52.1 Å². The number of aromatic carboxylic acids is 1. The van der Waals surface area contributed by atoms with Crippen molar-refractivity contribution in [1.29, 1.82) is 0 Å². The topological polar surface area (TPSA) is 231 Å². The molecular weight excluding hydrogens is 900 g/mol. The van der Waals surface area contributed by atoms with Crippen LogP contribution in [0, 0.1) is 5.92 Å². The van der Waals surface area contributed by atoms with Crippen molar-refractivity contribution in [1.82, 2.24) is 10.2 Å². The molecule has 3 fully saturated rings. The predicted molar refractivity (Wildman–Crippen MR) is 242 cm³/mol. The summed E-state index contributed by atoms with van der Waals surface area (Å²) in [6, 6.07) is 7.73. The van der Waals surface area contributed by atoms with Gasteiger partial charge < -0.3 is 43.7 Å². The van der Waals surface area contributed by atoms with Gasteiger partial charge >= 0.3 is 18.0 Å². The van der Waals surface area contributed by atoms with Crippen molar-refractivity contribution in [2.24, 2.45) is 5.92 Å². The minimum absolute atomic E-state index is 0.00311. The molecule has 3 N–H and O–H groups in total. The van der Waals surface area contributed by atoms with Crippen LogP contribution in [0.1, 0.15) is 69.3 Å². The zero-order chi connectivity index (χ0) is 48.4. The van der Waals surface area contributed by atoms with Gasteiger partial charge in [0.2, 0.25) is 23.6 Å². The van der Waals surface area contributed by atoms with Gasteiger partial charge in [0.05, 0.1) is 41.8 Å². The number of carboxylic acids is 1. The summed E-state index contributed by atoms with van der Waals surface area (Å²) in [5, 5.41) is 22.9. The summed E-state index contributed by atoms with van der Waals surface area (Å²) in [5.74, 6) is -4.04. The second kappa shape index (κ2) is 20.2. The van der Waals surface area contributed by atoms with Crippen LogP contribution in [0.4, 0.5) is 16.2 Å². The molecule has 3 saturated heterocycles. The molecule has 2 aromatic rings. The summed E-state index contributed by atoms with van der Waals surface area (Å²) in [4.78, 5) is 95.6. The molecule has 0 saturated carbocycles. The highest BCUT2D eigenvalue weighted by atomic mass is 35.5. The highest BCUT2D eigenvalue weighted by Gasteiger charge is 2.64. The number of hydrogen-bond acceptors (Lipinski definition) is 14. The summed E-state index contributed by atoms with van der Waals surface area (Å²) in [6.45, 7) is 6.79. The molecule has 4 aliphatic heterocycles. The van der Waals surface area contributed by atoms with E-state index < -0.39 is 101 Å². The number of likely N-dealkylation sites (N-methyl/N-ethyl adjacent to an activating group) is 1. The van der Waals surface area contributed by atoms with E-state index in [1.54, 1.807) is 38.1 Å². The number of carboxylic acid groups (broad SMARTS) is 1. The van der Waals surface area contributed by atoms with Gasteiger partial charge in [-0.1, -0.05) is 42.3 Å². The average molecular weight is 955 g/mol. The van der Waals surface area contributed by atoms with Crippen LogP contribution < -0.4 is 19.9 Å². The molecule has 4 heterocycles. The Morgan fingerprint density at radius 2 is 1.79 bits per heavy atom. The number of methoxy groups -OCH3 is 2. The van der Waals surface area contributed by atoms with Crippen LogP contribution in [0.25, 0.3) is 0 Å². The number of carbonyl (C=O) groups is 7. The van der Waals surface area contributed by atoms with E-state index in [1.807, 2.05) is 13.0 Å². The second-order valence-electron chi connectivity index (χ2n) is 17.1. The maximum Gasteiger partial charge on any atom is 0.409 e. The first-order valence-corrected chi connectivity index (χ1v) is 22.7. The molecule has 4 aliphatic rings. The third kappa shape index (κ3) is 10.5. The minimum Gasteiger partial charge on any atom is -0.495 e. The Hall–Kier alpha value is -5.47. The van der Waals surface area contributed by atoms with E-state index in [9.17, 15) is 43.8 Å². The quantitative estimate of drug-likeness (QED) is 0.158.